The summed E-state index contributed by atoms with van der Waals surface area (Å²) in [6.07, 6.45) is 2.63. The molecule has 0 fully saturated rings. The summed E-state index contributed by atoms with van der Waals surface area (Å²) in [6, 6.07) is 0. The molecule has 1 aromatic heterocycles. The zero-order valence-corrected chi connectivity index (χ0v) is 9.42. The largest absolute Gasteiger partial charge is 0.366 e. The van der Waals surface area contributed by atoms with E-state index in [0.717, 1.165) is 23.1 Å². The van der Waals surface area contributed by atoms with E-state index < -0.39 is 5.91 Å². The highest BCUT2D eigenvalue weighted by Crippen LogP contribution is 2.21. The molecule has 0 radical (unpaired) electrons. The standard InChI is InChI=1S/C12H16N2O/c1-5-9-6-14-11(7(2)3)10(8(9)4)12(13)15/h6H,2,5H2,1,3-4H3,(H2,13,15). The van der Waals surface area contributed by atoms with Crippen molar-refractivity contribution in [3.63, 3.8) is 0 Å². The van der Waals surface area contributed by atoms with E-state index in [9.17, 15) is 4.79 Å². The van der Waals surface area contributed by atoms with Crippen LogP contribution in [-0.2, 0) is 6.42 Å². The van der Waals surface area contributed by atoms with Gasteiger partial charge >= 0.3 is 0 Å². The highest BCUT2D eigenvalue weighted by atomic mass is 16.1. The molecule has 0 atom stereocenters. The van der Waals surface area contributed by atoms with Crippen LogP contribution in [0.2, 0.25) is 0 Å². The van der Waals surface area contributed by atoms with Gasteiger partial charge in [0.05, 0.1) is 11.3 Å². The van der Waals surface area contributed by atoms with E-state index in [2.05, 4.69) is 11.6 Å². The Morgan fingerprint density at radius 2 is 2.20 bits per heavy atom. The molecule has 3 nitrogen and oxygen atoms in total. The minimum Gasteiger partial charge on any atom is -0.366 e. The number of aromatic nitrogens is 1. The number of hydrogen-bond acceptors (Lipinski definition) is 2. The number of allylic oxidation sites excluding steroid dienone is 1. The van der Waals surface area contributed by atoms with Crippen LogP contribution in [0.3, 0.4) is 0 Å². The predicted octanol–water partition coefficient (Wildman–Crippen LogP) is 2.08. The minimum absolute atomic E-state index is 0.437. The molecule has 3 heteroatoms. The number of carbonyl (C=O) groups excluding carboxylic acids is 1. The number of primary amides is 1. The Balaban J connectivity index is 3.51. The van der Waals surface area contributed by atoms with Crippen LogP contribution in [0, 0.1) is 6.92 Å². The highest BCUT2D eigenvalue weighted by molar-refractivity contribution is 5.98. The van der Waals surface area contributed by atoms with Crippen molar-refractivity contribution in [3.05, 3.63) is 35.2 Å². The van der Waals surface area contributed by atoms with E-state index >= 15 is 0 Å². The molecule has 0 saturated heterocycles. The Morgan fingerprint density at radius 3 is 2.60 bits per heavy atom. The van der Waals surface area contributed by atoms with Gasteiger partial charge < -0.3 is 5.73 Å². The van der Waals surface area contributed by atoms with E-state index in [1.807, 2.05) is 20.8 Å². The van der Waals surface area contributed by atoms with Gasteiger partial charge in [-0.2, -0.15) is 0 Å². The third kappa shape index (κ3) is 2.06. The fraction of sp³-hybridized carbons (Fsp3) is 0.333. The molecule has 0 aliphatic carbocycles. The topological polar surface area (TPSA) is 56.0 Å². The van der Waals surface area contributed by atoms with E-state index in [1.165, 1.54) is 0 Å². The fourth-order valence-electron chi connectivity index (χ4n) is 1.62. The Bertz CT molecular complexity index is 422. The van der Waals surface area contributed by atoms with Crippen LogP contribution in [-0.4, -0.2) is 10.9 Å². The highest BCUT2D eigenvalue weighted by Gasteiger charge is 2.15. The van der Waals surface area contributed by atoms with Crippen molar-refractivity contribution in [2.45, 2.75) is 27.2 Å². The number of nitrogens with two attached hydrogens (primary N) is 1. The van der Waals surface area contributed by atoms with Crippen LogP contribution < -0.4 is 5.73 Å². The predicted molar refractivity (Wildman–Crippen MR) is 61.6 cm³/mol. The first kappa shape index (κ1) is 11.4. The number of aryl methyl sites for hydroxylation is 1. The lowest BCUT2D eigenvalue weighted by molar-refractivity contribution is 0.0999. The molecule has 1 rings (SSSR count). The normalized spacial score (nSPS) is 10.1. The van der Waals surface area contributed by atoms with Crippen molar-refractivity contribution in [2.75, 3.05) is 0 Å². The number of rotatable bonds is 3. The summed E-state index contributed by atoms with van der Waals surface area (Å²) in [5.74, 6) is -0.437. The van der Waals surface area contributed by atoms with Crippen molar-refractivity contribution >= 4 is 11.5 Å². The zero-order valence-electron chi connectivity index (χ0n) is 9.42. The number of hydrogen-bond donors (Lipinski definition) is 1. The molecule has 0 aliphatic heterocycles. The minimum atomic E-state index is -0.437. The molecule has 15 heavy (non-hydrogen) atoms. The van der Waals surface area contributed by atoms with Crippen molar-refractivity contribution in [3.8, 4) is 0 Å². The van der Waals surface area contributed by atoms with Gasteiger partial charge in [0.2, 0.25) is 0 Å². The molecular weight excluding hydrogens is 188 g/mol. The molecule has 1 amide bonds. The van der Waals surface area contributed by atoms with Crippen molar-refractivity contribution in [1.29, 1.82) is 0 Å². The van der Waals surface area contributed by atoms with E-state index in [0.29, 0.717) is 11.3 Å². The molecule has 80 valence electrons. The summed E-state index contributed by atoms with van der Waals surface area (Å²) in [6.45, 7) is 9.53. The molecule has 0 bridgehead atoms. The molecule has 0 spiro atoms. The number of pyridine rings is 1. The maximum absolute atomic E-state index is 11.4. The van der Waals surface area contributed by atoms with E-state index in [1.54, 1.807) is 6.20 Å². The second-order valence-electron chi connectivity index (χ2n) is 3.63. The fourth-order valence-corrected chi connectivity index (χ4v) is 1.62. The van der Waals surface area contributed by atoms with Crippen LogP contribution in [0.25, 0.3) is 5.57 Å². The summed E-state index contributed by atoms with van der Waals surface area (Å²) in [7, 11) is 0. The van der Waals surface area contributed by atoms with Crippen LogP contribution >= 0.6 is 0 Å². The van der Waals surface area contributed by atoms with Gasteiger partial charge in [-0.25, -0.2) is 0 Å². The third-order valence-corrected chi connectivity index (χ3v) is 2.47. The number of carbonyl (C=O) groups is 1. The van der Waals surface area contributed by atoms with Crippen LogP contribution in [0.1, 0.15) is 41.0 Å². The molecule has 2 N–H and O–H groups in total. The Labute approximate surface area is 90.0 Å². The molecule has 1 heterocycles. The lowest BCUT2D eigenvalue weighted by Gasteiger charge is -2.11. The van der Waals surface area contributed by atoms with Gasteiger partial charge in [-0.15, -0.1) is 0 Å². The van der Waals surface area contributed by atoms with Gasteiger partial charge in [0.1, 0.15) is 0 Å². The Kier molecular flexibility index (Phi) is 3.24. The van der Waals surface area contributed by atoms with Gasteiger partial charge in [0, 0.05) is 6.20 Å². The molecule has 0 saturated carbocycles. The van der Waals surface area contributed by atoms with Crippen molar-refractivity contribution in [1.82, 2.24) is 4.98 Å². The molecular formula is C12H16N2O. The summed E-state index contributed by atoms with van der Waals surface area (Å²) in [5.41, 5.74) is 9.19. The maximum Gasteiger partial charge on any atom is 0.251 e. The van der Waals surface area contributed by atoms with Gasteiger partial charge in [-0.3, -0.25) is 9.78 Å². The first-order chi connectivity index (χ1) is 6.99. The smallest absolute Gasteiger partial charge is 0.251 e. The molecule has 0 unspecified atom stereocenters. The van der Waals surface area contributed by atoms with Gasteiger partial charge in [-0.1, -0.05) is 13.5 Å². The number of nitrogens with zero attached hydrogens (tertiary/aromatic N) is 1. The van der Waals surface area contributed by atoms with Crippen LogP contribution in [0.4, 0.5) is 0 Å². The Morgan fingerprint density at radius 1 is 1.60 bits per heavy atom. The van der Waals surface area contributed by atoms with Gasteiger partial charge in [0.25, 0.3) is 5.91 Å². The molecule has 1 aromatic rings. The number of amides is 1. The average Bonchev–Trinajstić information content (AvgIpc) is 2.16. The van der Waals surface area contributed by atoms with Crippen molar-refractivity contribution in [2.24, 2.45) is 5.73 Å². The SMILES string of the molecule is C=C(C)c1ncc(CC)c(C)c1C(N)=O. The van der Waals surface area contributed by atoms with Gasteiger partial charge in [-0.05, 0) is 37.0 Å². The summed E-state index contributed by atoms with van der Waals surface area (Å²) in [4.78, 5) is 15.6. The monoisotopic (exact) mass is 204 g/mol. The lowest BCUT2D eigenvalue weighted by Crippen LogP contribution is -2.17. The Hall–Kier alpha value is -1.64. The summed E-state index contributed by atoms with van der Waals surface area (Å²) in [5, 5.41) is 0. The summed E-state index contributed by atoms with van der Waals surface area (Å²) < 4.78 is 0. The molecule has 0 aliphatic rings. The third-order valence-electron chi connectivity index (χ3n) is 2.47. The second-order valence-corrected chi connectivity index (χ2v) is 3.63. The maximum atomic E-state index is 11.4. The average molecular weight is 204 g/mol. The van der Waals surface area contributed by atoms with Gasteiger partial charge in [0.15, 0.2) is 0 Å². The first-order valence-electron chi connectivity index (χ1n) is 4.93. The quantitative estimate of drug-likeness (QED) is 0.819. The van der Waals surface area contributed by atoms with E-state index in [-0.39, 0.29) is 0 Å². The van der Waals surface area contributed by atoms with Crippen LogP contribution in [0.5, 0.6) is 0 Å². The second kappa shape index (κ2) is 4.26. The van der Waals surface area contributed by atoms with E-state index in [4.69, 9.17) is 5.73 Å². The van der Waals surface area contributed by atoms with Crippen LogP contribution in [0.15, 0.2) is 12.8 Å². The summed E-state index contributed by atoms with van der Waals surface area (Å²) >= 11 is 0. The molecule has 0 aromatic carbocycles. The van der Waals surface area contributed by atoms with Crippen molar-refractivity contribution < 1.29 is 4.79 Å². The lowest BCUT2D eigenvalue weighted by atomic mass is 9.98. The zero-order chi connectivity index (χ0) is 11.6. The first-order valence-corrected chi connectivity index (χ1v) is 4.93.